The molecule has 3 amide bonds. The summed E-state index contributed by atoms with van der Waals surface area (Å²) in [5, 5.41) is 7.08. The number of aromatic nitrogens is 1. The smallest absolute Gasteiger partial charge is 0.417 e. The molecular weight excluding hydrogens is 378 g/mol. The highest BCUT2D eigenvalue weighted by atomic mass is 16.6. The van der Waals surface area contributed by atoms with Gasteiger partial charge in [-0.05, 0) is 52.3 Å². The summed E-state index contributed by atoms with van der Waals surface area (Å²) in [5.74, 6) is -1.36. The minimum absolute atomic E-state index is 0.0642. The van der Waals surface area contributed by atoms with Gasteiger partial charge in [-0.25, -0.2) is 9.69 Å². The summed E-state index contributed by atoms with van der Waals surface area (Å²) in [4.78, 5) is 50.2. The molecule has 0 aliphatic carbocycles. The first-order chi connectivity index (χ1) is 13.6. The van der Waals surface area contributed by atoms with E-state index < -0.39 is 29.6 Å². The van der Waals surface area contributed by atoms with Crippen molar-refractivity contribution in [3.05, 3.63) is 29.5 Å². The zero-order valence-corrected chi connectivity index (χ0v) is 16.8. The van der Waals surface area contributed by atoms with Gasteiger partial charge in [-0.3, -0.25) is 14.4 Å². The number of carbonyl (C=O) groups is 4. The van der Waals surface area contributed by atoms with Crippen molar-refractivity contribution >= 4 is 34.7 Å². The molecule has 0 spiro atoms. The molecule has 1 aromatic heterocycles. The van der Waals surface area contributed by atoms with Gasteiger partial charge >= 0.3 is 6.09 Å². The normalized spacial score (nSPS) is 16.9. The zero-order chi connectivity index (χ0) is 21.3. The molecule has 1 saturated heterocycles. The number of aryl methyl sites for hydroxylation is 1. The topological polar surface area (TPSA) is 119 Å². The average Bonchev–Trinajstić information content (AvgIpc) is 3.21. The maximum absolute atomic E-state index is 12.5. The van der Waals surface area contributed by atoms with Crippen molar-refractivity contribution in [2.75, 3.05) is 6.54 Å². The minimum Gasteiger partial charge on any atom is -0.443 e. The number of ether oxygens (including phenoxy) is 1. The Morgan fingerprint density at radius 1 is 1.31 bits per heavy atom. The van der Waals surface area contributed by atoms with Gasteiger partial charge < -0.3 is 14.6 Å². The third-order valence-electron chi connectivity index (χ3n) is 4.50. The van der Waals surface area contributed by atoms with Gasteiger partial charge in [0, 0.05) is 17.4 Å². The molecule has 3 rings (SSSR count). The molecule has 9 heteroatoms. The molecule has 2 aromatic rings. The van der Waals surface area contributed by atoms with Crippen LogP contribution in [-0.2, 0) is 14.3 Å². The Bertz CT molecular complexity index is 988. The van der Waals surface area contributed by atoms with Crippen LogP contribution in [0.5, 0.6) is 0 Å². The second kappa shape index (κ2) is 7.65. The molecule has 1 aromatic carbocycles. The molecule has 0 unspecified atom stereocenters. The van der Waals surface area contributed by atoms with Gasteiger partial charge in [0.2, 0.25) is 11.8 Å². The summed E-state index contributed by atoms with van der Waals surface area (Å²) in [5.41, 5.74) is 0.836. The fourth-order valence-electron chi connectivity index (χ4n) is 3.09. The number of carbonyl (C=O) groups excluding carboxylic acids is 4. The van der Waals surface area contributed by atoms with E-state index in [0.717, 1.165) is 10.3 Å². The maximum Gasteiger partial charge on any atom is 0.417 e. The highest BCUT2D eigenvalue weighted by Crippen LogP contribution is 2.23. The Labute approximate surface area is 167 Å². The van der Waals surface area contributed by atoms with Crippen LogP contribution in [0, 0.1) is 6.92 Å². The lowest BCUT2D eigenvalue weighted by Crippen LogP contribution is -2.49. The van der Waals surface area contributed by atoms with Crippen molar-refractivity contribution in [2.45, 2.75) is 52.2 Å². The number of hydrogen-bond acceptors (Lipinski definition) is 7. The number of fused-ring (bicyclic) bond motifs is 1. The Balaban J connectivity index is 1.65. The molecule has 0 bridgehead atoms. The Kier molecular flexibility index (Phi) is 5.41. The number of rotatable bonds is 4. The molecular formula is C20H23N3O6. The second-order valence-electron chi connectivity index (χ2n) is 7.92. The van der Waals surface area contributed by atoms with Crippen molar-refractivity contribution in [2.24, 2.45) is 0 Å². The number of Topliss-reactive ketones (excluding diaryl/α,β-unsaturated/α-hetero) is 1. The van der Waals surface area contributed by atoms with Crippen LogP contribution in [0.3, 0.4) is 0 Å². The first-order valence-electron chi connectivity index (χ1n) is 9.29. The highest BCUT2D eigenvalue weighted by molar-refractivity contribution is 6.04. The Morgan fingerprint density at radius 3 is 2.72 bits per heavy atom. The summed E-state index contributed by atoms with van der Waals surface area (Å²) in [6.45, 7) is 6.53. The van der Waals surface area contributed by atoms with Gasteiger partial charge in [-0.1, -0.05) is 5.16 Å². The standard InChI is InChI=1S/C20H23N3O6/c1-11-13-9-12(5-7-16(13)29-22-11)15(24)10-21-18(26)14-6-8-17(25)23(14)19(27)28-20(2,3)4/h5,7,9,14H,6,8,10H2,1-4H3,(H,21,26)/t14-/m0/s1. The number of hydrogen-bond donors (Lipinski definition) is 1. The van der Waals surface area contributed by atoms with Gasteiger partial charge in [-0.2, -0.15) is 0 Å². The van der Waals surface area contributed by atoms with Crippen LogP contribution < -0.4 is 5.32 Å². The van der Waals surface area contributed by atoms with Gasteiger partial charge in [0.15, 0.2) is 11.4 Å². The minimum atomic E-state index is -0.993. The van der Waals surface area contributed by atoms with Crippen LogP contribution in [0.25, 0.3) is 11.0 Å². The van der Waals surface area contributed by atoms with Crippen molar-refractivity contribution in [1.82, 2.24) is 15.4 Å². The average molecular weight is 401 g/mol. The molecule has 1 aliphatic rings. The predicted molar refractivity (Wildman–Crippen MR) is 102 cm³/mol. The summed E-state index contributed by atoms with van der Waals surface area (Å²) >= 11 is 0. The van der Waals surface area contributed by atoms with Gasteiger partial charge in [0.1, 0.15) is 11.6 Å². The summed E-state index contributed by atoms with van der Waals surface area (Å²) in [7, 11) is 0. The number of likely N-dealkylation sites (tertiary alicyclic amines) is 1. The lowest BCUT2D eigenvalue weighted by molar-refractivity contribution is -0.134. The first kappa shape index (κ1) is 20.5. The molecule has 2 heterocycles. The van der Waals surface area contributed by atoms with E-state index in [4.69, 9.17) is 9.26 Å². The number of imide groups is 1. The van der Waals surface area contributed by atoms with E-state index in [1.54, 1.807) is 45.9 Å². The van der Waals surface area contributed by atoms with Crippen LogP contribution in [0.15, 0.2) is 22.7 Å². The van der Waals surface area contributed by atoms with E-state index >= 15 is 0 Å². The van der Waals surface area contributed by atoms with E-state index in [1.807, 2.05) is 0 Å². The first-order valence-corrected chi connectivity index (χ1v) is 9.29. The monoisotopic (exact) mass is 401 g/mol. The van der Waals surface area contributed by atoms with Gasteiger partial charge in [0.05, 0.1) is 12.2 Å². The van der Waals surface area contributed by atoms with E-state index in [2.05, 4.69) is 10.5 Å². The Morgan fingerprint density at radius 2 is 2.03 bits per heavy atom. The molecule has 154 valence electrons. The van der Waals surface area contributed by atoms with Crippen LogP contribution in [0.2, 0.25) is 0 Å². The second-order valence-corrected chi connectivity index (χ2v) is 7.92. The zero-order valence-electron chi connectivity index (χ0n) is 16.8. The number of amides is 3. The maximum atomic E-state index is 12.5. The summed E-state index contributed by atoms with van der Waals surface area (Å²) in [6.07, 6.45) is -0.613. The summed E-state index contributed by atoms with van der Waals surface area (Å²) in [6, 6.07) is 3.90. The van der Waals surface area contributed by atoms with Crippen LogP contribution in [0.4, 0.5) is 4.79 Å². The largest absolute Gasteiger partial charge is 0.443 e. The molecule has 1 N–H and O–H groups in total. The molecule has 0 saturated carbocycles. The van der Waals surface area contributed by atoms with Crippen molar-refractivity contribution in [3.63, 3.8) is 0 Å². The number of benzene rings is 1. The third kappa shape index (κ3) is 4.44. The highest BCUT2D eigenvalue weighted by Gasteiger charge is 2.42. The molecule has 1 atom stereocenters. The fourth-order valence-corrected chi connectivity index (χ4v) is 3.09. The van der Waals surface area contributed by atoms with E-state index in [9.17, 15) is 19.2 Å². The molecule has 1 fully saturated rings. The van der Waals surface area contributed by atoms with Crippen molar-refractivity contribution in [3.8, 4) is 0 Å². The SMILES string of the molecule is Cc1noc2ccc(C(=O)CNC(=O)[C@@H]3CCC(=O)N3C(=O)OC(C)(C)C)cc12. The van der Waals surface area contributed by atoms with Crippen LogP contribution in [-0.4, -0.2) is 51.9 Å². The van der Waals surface area contributed by atoms with E-state index in [1.165, 1.54) is 0 Å². The van der Waals surface area contributed by atoms with Gasteiger partial charge in [0.25, 0.3) is 0 Å². The number of nitrogens with zero attached hydrogens (tertiary/aromatic N) is 2. The lowest BCUT2D eigenvalue weighted by atomic mass is 10.1. The molecule has 1 aliphatic heterocycles. The predicted octanol–water partition coefficient (Wildman–Crippen LogP) is 2.36. The van der Waals surface area contributed by atoms with E-state index in [-0.39, 0.29) is 25.2 Å². The molecule has 0 radical (unpaired) electrons. The summed E-state index contributed by atoms with van der Waals surface area (Å²) < 4.78 is 10.3. The third-order valence-corrected chi connectivity index (χ3v) is 4.50. The van der Waals surface area contributed by atoms with Crippen LogP contribution >= 0.6 is 0 Å². The van der Waals surface area contributed by atoms with Crippen LogP contribution in [0.1, 0.15) is 49.7 Å². The number of ketones is 1. The number of nitrogens with one attached hydrogen (secondary N) is 1. The fraction of sp³-hybridized carbons (Fsp3) is 0.450. The molecule has 29 heavy (non-hydrogen) atoms. The lowest BCUT2D eigenvalue weighted by Gasteiger charge is -2.26. The van der Waals surface area contributed by atoms with E-state index in [0.29, 0.717) is 16.8 Å². The van der Waals surface area contributed by atoms with Crippen molar-refractivity contribution < 1.29 is 28.4 Å². The van der Waals surface area contributed by atoms with Gasteiger partial charge in [-0.15, -0.1) is 0 Å². The Hall–Kier alpha value is -3.23. The molecule has 9 nitrogen and oxygen atoms in total. The van der Waals surface area contributed by atoms with Crippen molar-refractivity contribution in [1.29, 1.82) is 0 Å². The quantitative estimate of drug-likeness (QED) is 0.781.